The lowest BCUT2D eigenvalue weighted by molar-refractivity contribution is 0.669. The van der Waals surface area contributed by atoms with Crippen LogP contribution in [0.5, 0.6) is 0 Å². The topological polar surface area (TPSA) is 13.1 Å². The molecular weight excluding hydrogens is 649 g/mol. The lowest BCUT2D eigenvalue weighted by Gasteiger charge is -2.18. The van der Waals surface area contributed by atoms with Gasteiger partial charge in [-0.05, 0) is 90.3 Å². The summed E-state index contributed by atoms with van der Waals surface area (Å²) in [6, 6.07) is 66.2. The lowest BCUT2D eigenvalue weighted by atomic mass is 9.85. The van der Waals surface area contributed by atoms with Crippen LogP contribution >= 0.6 is 11.3 Å². The summed E-state index contributed by atoms with van der Waals surface area (Å²) in [6.07, 6.45) is 0. The maximum Gasteiger partial charge on any atom is 0.136 e. The highest BCUT2D eigenvalue weighted by Gasteiger charge is 2.19. The van der Waals surface area contributed by atoms with Crippen LogP contribution in [0, 0.1) is 0 Å². The van der Waals surface area contributed by atoms with Gasteiger partial charge >= 0.3 is 0 Å². The van der Waals surface area contributed by atoms with Crippen LogP contribution in [-0.4, -0.2) is 0 Å². The molecule has 52 heavy (non-hydrogen) atoms. The molecule has 0 amide bonds. The third-order valence-electron chi connectivity index (χ3n) is 10.7. The second-order valence-corrected chi connectivity index (χ2v) is 14.6. The second-order valence-electron chi connectivity index (χ2n) is 13.6. The van der Waals surface area contributed by atoms with E-state index in [1.165, 1.54) is 86.2 Å². The summed E-state index contributed by atoms with van der Waals surface area (Å²) in [5.41, 5.74) is 11.6. The zero-order valence-electron chi connectivity index (χ0n) is 28.1. The van der Waals surface area contributed by atoms with Gasteiger partial charge in [-0.3, -0.25) is 0 Å². The molecule has 0 N–H and O–H groups in total. The minimum Gasteiger partial charge on any atom is -0.456 e. The summed E-state index contributed by atoms with van der Waals surface area (Å²) in [6.45, 7) is 0. The van der Waals surface area contributed by atoms with E-state index in [0.29, 0.717) is 0 Å². The molecule has 9 aromatic carbocycles. The number of benzene rings is 9. The average molecular weight is 679 g/mol. The molecule has 0 atom stereocenters. The van der Waals surface area contributed by atoms with Crippen LogP contribution in [-0.2, 0) is 0 Å². The fraction of sp³-hybridized carbons (Fsp3) is 0. The average Bonchev–Trinajstić information content (AvgIpc) is 3.78. The lowest BCUT2D eigenvalue weighted by Crippen LogP contribution is -1.91. The van der Waals surface area contributed by atoms with Gasteiger partial charge in [0.25, 0.3) is 0 Å². The predicted octanol–water partition coefficient (Wildman–Crippen LogP) is 14.9. The van der Waals surface area contributed by atoms with Gasteiger partial charge < -0.3 is 4.42 Å². The Labute approximate surface area is 304 Å². The van der Waals surface area contributed by atoms with E-state index in [-0.39, 0.29) is 0 Å². The molecular formula is C50H30OS. The summed E-state index contributed by atoms with van der Waals surface area (Å²) in [5, 5.41) is 10.0. The summed E-state index contributed by atoms with van der Waals surface area (Å²) in [7, 11) is 0. The fourth-order valence-electron chi connectivity index (χ4n) is 8.42. The molecule has 0 saturated heterocycles. The van der Waals surface area contributed by atoms with Crippen molar-refractivity contribution < 1.29 is 4.42 Å². The van der Waals surface area contributed by atoms with Crippen LogP contribution in [0.2, 0.25) is 0 Å². The van der Waals surface area contributed by atoms with Crippen molar-refractivity contribution in [2.24, 2.45) is 0 Å². The first-order valence-corrected chi connectivity index (χ1v) is 18.6. The Morgan fingerprint density at radius 3 is 1.54 bits per heavy atom. The number of hydrogen-bond donors (Lipinski definition) is 0. The first-order valence-electron chi connectivity index (χ1n) is 17.8. The highest BCUT2D eigenvalue weighted by Crippen LogP contribution is 2.46. The number of fused-ring (bicyclic) bond motifs is 8. The molecule has 0 saturated carbocycles. The van der Waals surface area contributed by atoms with E-state index in [1.54, 1.807) is 0 Å². The Bertz CT molecular complexity index is 3120. The Hall–Kier alpha value is -6.48. The van der Waals surface area contributed by atoms with E-state index in [9.17, 15) is 0 Å². The van der Waals surface area contributed by atoms with Crippen molar-refractivity contribution >= 4 is 75.0 Å². The molecule has 2 aromatic heterocycles. The minimum atomic E-state index is 0.912. The normalized spacial score (nSPS) is 11.8. The quantitative estimate of drug-likeness (QED) is 0.169. The summed E-state index contributed by atoms with van der Waals surface area (Å²) in [5.74, 6) is 0. The monoisotopic (exact) mass is 678 g/mol. The van der Waals surface area contributed by atoms with Gasteiger partial charge in [0, 0.05) is 30.9 Å². The van der Waals surface area contributed by atoms with Gasteiger partial charge in [-0.25, -0.2) is 0 Å². The SMILES string of the molecule is c1ccc(-c2cccc3oc4ccccc4c23)c(-c2ccc(-c3c4ccccc4c(-c4ccc5c(c4)sc4ccccc45)c4ccccc34)cc2)c1. The van der Waals surface area contributed by atoms with Crippen LogP contribution < -0.4 is 0 Å². The van der Waals surface area contributed by atoms with Gasteiger partial charge in [0.05, 0.1) is 0 Å². The molecule has 0 aliphatic rings. The first kappa shape index (κ1) is 29.3. The van der Waals surface area contributed by atoms with Crippen molar-refractivity contribution in [1.82, 2.24) is 0 Å². The molecule has 2 heterocycles. The molecule has 0 aliphatic carbocycles. The Balaban J connectivity index is 1.07. The van der Waals surface area contributed by atoms with E-state index in [4.69, 9.17) is 4.42 Å². The van der Waals surface area contributed by atoms with Crippen molar-refractivity contribution in [1.29, 1.82) is 0 Å². The largest absolute Gasteiger partial charge is 0.456 e. The number of hydrogen-bond acceptors (Lipinski definition) is 2. The van der Waals surface area contributed by atoms with E-state index >= 15 is 0 Å². The maximum absolute atomic E-state index is 6.26. The van der Waals surface area contributed by atoms with Gasteiger partial charge in [0.15, 0.2) is 0 Å². The molecule has 0 bridgehead atoms. The fourth-order valence-corrected chi connectivity index (χ4v) is 9.56. The standard InChI is InChI=1S/C50H30OS/c1-2-13-35(38-20-11-22-45-50(38)43-19-7-9-21-44(43)51-45)34(12-1)31-24-26-32(27-25-31)48-39-15-3-5-17-41(39)49(42-18-6-4-16-40(42)48)33-28-29-37-36-14-8-10-23-46(36)52-47(37)30-33/h1-30H. The molecule has 0 fully saturated rings. The van der Waals surface area contributed by atoms with Gasteiger partial charge in [0.1, 0.15) is 11.2 Å². The molecule has 0 spiro atoms. The number of rotatable bonds is 4. The van der Waals surface area contributed by atoms with Crippen molar-refractivity contribution in [3.8, 4) is 44.5 Å². The zero-order chi connectivity index (χ0) is 34.2. The van der Waals surface area contributed by atoms with Crippen molar-refractivity contribution in [3.63, 3.8) is 0 Å². The Morgan fingerprint density at radius 1 is 0.308 bits per heavy atom. The predicted molar refractivity (Wildman–Crippen MR) is 223 cm³/mol. The van der Waals surface area contributed by atoms with Gasteiger partial charge in [-0.1, -0.05) is 158 Å². The van der Waals surface area contributed by atoms with Gasteiger partial charge in [0.2, 0.25) is 0 Å². The van der Waals surface area contributed by atoms with E-state index in [2.05, 4.69) is 170 Å². The third-order valence-corrected chi connectivity index (χ3v) is 11.8. The molecule has 1 nitrogen and oxygen atoms in total. The molecule has 11 aromatic rings. The van der Waals surface area contributed by atoms with Crippen molar-refractivity contribution in [2.75, 3.05) is 0 Å². The third kappa shape index (κ3) is 4.41. The zero-order valence-corrected chi connectivity index (χ0v) is 29.0. The molecule has 2 heteroatoms. The van der Waals surface area contributed by atoms with Crippen LogP contribution in [0.25, 0.3) is 108 Å². The van der Waals surface area contributed by atoms with E-state index < -0.39 is 0 Å². The van der Waals surface area contributed by atoms with Gasteiger partial charge in [-0.15, -0.1) is 11.3 Å². The first-order chi connectivity index (χ1) is 25.8. The molecule has 0 radical (unpaired) electrons. The Morgan fingerprint density at radius 2 is 0.808 bits per heavy atom. The highest BCUT2D eigenvalue weighted by molar-refractivity contribution is 7.25. The molecule has 0 unspecified atom stereocenters. The molecule has 242 valence electrons. The minimum absolute atomic E-state index is 0.912. The van der Waals surface area contributed by atoms with Crippen LogP contribution in [0.1, 0.15) is 0 Å². The summed E-state index contributed by atoms with van der Waals surface area (Å²) < 4.78 is 8.92. The molecule has 0 aliphatic heterocycles. The summed E-state index contributed by atoms with van der Waals surface area (Å²) >= 11 is 1.88. The van der Waals surface area contributed by atoms with Crippen LogP contribution in [0.3, 0.4) is 0 Å². The van der Waals surface area contributed by atoms with Crippen LogP contribution in [0.4, 0.5) is 0 Å². The van der Waals surface area contributed by atoms with E-state index in [0.717, 1.165) is 21.9 Å². The highest BCUT2D eigenvalue weighted by atomic mass is 32.1. The smallest absolute Gasteiger partial charge is 0.136 e. The summed E-state index contributed by atoms with van der Waals surface area (Å²) in [4.78, 5) is 0. The molecule has 11 rings (SSSR count). The van der Waals surface area contributed by atoms with Gasteiger partial charge in [-0.2, -0.15) is 0 Å². The Kier molecular flexibility index (Phi) is 6.49. The van der Waals surface area contributed by atoms with Crippen molar-refractivity contribution in [3.05, 3.63) is 182 Å². The van der Waals surface area contributed by atoms with Crippen molar-refractivity contribution in [2.45, 2.75) is 0 Å². The second kappa shape index (κ2) is 11.5. The maximum atomic E-state index is 6.26. The number of thiophene rings is 1. The number of furan rings is 1. The number of para-hydroxylation sites is 1. The van der Waals surface area contributed by atoms with Crippen LogP contribution in [0.15, 0.2) is 186 Å². The van der Waals surface area contributed by atoms with E-state index in [1.807, 2.05) is 23.5 Å².